The number of carboxylic acids is 1. The van der Waals surface area contributed by atoms with Crippen molar-refractivity contribution in [2.45, 2.75) is 26.3 Å². The molecule has 5 nitrogen and oxygen atoms in total. The fourth-order valence-electron chi connectivity index (χ4n) is 1.65. The summed E-state index contributed by atoms with van der Waals surface area (Å²) in [5, 5.41) is 10.6. The van der Waals surface area contributed by atoms with Gasteiger partial charge in [-0.05, 0) is 13.8 Å². The molecule has 0 aliphatic carbocycles. The van der Waals surface area contributed by atoms with Gasteiger partial charge in [0, 0.05) is 24.7 Å². The van der Waals surface area contributed by atoms with E-state index in [4.69, 9.17) is 5.11 Å². The fourth-order valence-corrected chi connectivity index (χ4v) is 1.65. The van der Waals surface area contributed by atoms with Gasteiger partial charge in [0.1, 0.15) is 11.5 Å². The Morgan fingerprint density at radius 1 is 1.24 bits per heavy atom. The van der Waals surface area contributed by atoms with Crippen molar-refractivity contribution >= 4 is 17.7 Å². The molecular formula is C13H15F3N2O3. The van der Waals surface area contributed by atoms with Crippen molar-refractivity contribution in [3.8, 4) is 0 Å². The van der Waals surface area contributed by atoms with Crippen molar-refractivity contribution < 1.29 is 27.9 Å². The lowest BCUT2D eigenvalue weighted by Gasteiger charge is -2.26. The van der Waals surface area contributed by atoms with Crippen LogP contribution in [0.2, 0.25) is 0 Å². The second-order valence-electron chi connectivity index (χ2n) is 4.61. The molecule has 0 atom stereocenters. The van der Waals surface area contributed by atoms with E-state index in [-0.39, 0.29) is 19.0 Å². The lowest BCUT2D eigenvalue weighted by atomic mass is 10.2. The summed E-state index contributed by atoms with van der Waals surface area (Å²) in [5.74, 6) is -4.70. The van der Waals surface area contributed by atoms with E-state index in [0.717, 1.165) is 4.90 Å². The van der Waals surface area contributed by atoms with Crippen LogP contribution in [-0.2, 0) is 4.79 Å². The minimum absolute atomic E-state index is 0.122. The highest BCUT2D eigenvalue weighted by atomic mass is 19.1. The van der Waals surface area contributed by atoms with E-state index < -0.39 is 35.1 Å². The maximum atomic E-state index is 13.4. The van der Waals surface area contributed by atoms with E-state index in [1.54, 1.807) is 13.8 Å². The maximum absolute atomic E-state index is 13.4. The number of nitrogens with one attached hydrogen (secondary N) is 1. The first kappa shape index (κ1) is 16.8. The minimum Gasteiger partial charge on any atom is -0.481 e. The molecule has 0 aliphatic heterocycles. The lowest BCUT2D eigenvalue weighted by Crippen LogP contribution is -2.41. The van der Waals surface area contributed by atoms with Crippen LogP contribution in [0.1, 0.15) is 20.3 Å². The Kier molecular flexibility index (Phi) is 5.57. The van der Waals surface area contributed by atoms with Gasteiger partial charge in [0.15, 0.2) is 11.6 Å². The van der Waals surface area contributed by atoms with Gasteiger partial charge < -0.3 is 15.3 Å². The summed E-state index contributed by atoms with van der Waals surface area (Å²) < 4.78 is 39.7. The molecule has 0 bridgehead atoms. The molecule has 0 heterocycles. The molecule has 1 rings (SSSR count). The highest BCUT2D eigenvalue weighted by molar-refractivity contribution is 5.90. The van der Waals surface area contributed by atoms with E-state index in [9.17, 15) is 22.8 Å². The molecule has 8 heteroatoms. The molecule has 2 amide bonds. The number of hydrogen-bond donors (Lipinski definition) is 2. The van der Waals surface area contributed by atoms with Gasteiger partial charge in [-0.3, -0.25) is 4.79 Å². The molecule has 1 aromatic rings. The van der Waals surface area contributed by atoms with Crippen molar-refractivity contribution in [1.29, 1.82) is 0 Å². The molecule has 0 unspecified atom stereocenters. The number of urea groups is 1. The van der Waals surface area contributed by atoms with Gasteiger partial charge in [0.05, 0.1) is 6.42 Å². The third-order valence-corrected chi connectivity index (χ3v) is 2.69. The summed E-state index contributed by atoms with van der Waals surface area (Å²) in [6.45, 7) is 3.13. The predicted molar refractivity (Wildman–Crippen MR) is 69.4 cm³/mol. The molecule has 0 fully saturated rings. The Hall–Kier alpha value is -2.25. The number of hydrogen-bond acceptors (Lipinski definition) is 2. The summed E-state index contributed by atoms with van der Waals surface area (Å²) in [7, 11) is 0. The number of nitrogens with zero attached hydrogens (tertiary/aromatic N) is 1. The number of benzene rings is 1. The second-order valence-corrected chi connectivity index (χ2v) is 4.61. The summed E-state index contributed by atoms with van der Waals surface area (Å²) in [4.78, 5) is 23.6. The first-order valence-corrected chi connectivity index (χ1v) is 6.16. The first-order valence-electron chi connectivity index (χ1n) is 6.16. The molecule has 0 spiro atoms. The van der Waals surface area contributed by atoms with Gasteiger partial charge in [0.25, 0.3) is 0 Å². The van der Waals surface area contributed by atoms with Crippen LogP contribution in [0.15, 0.2) is 12.1 Å². The predicted octanol–water partition coefficient (Wildman–Crippen LogP) is 2.82. The van der Waals surface area contributed by atoms with Crippen molar-refractivity contribution in [1.82, 2.24) is 4.90 Å². The number of aliphatic carboxylic acids is 1. The third kappa shape index (κ3) is 4.66. The van der Waals surface area contributed by atoms with Crippen LogP contribution in [0.25, 0.3) is 0 Å². The summed E-state index contributed by atoms with van der Waals surface area (Å²) in [6.07, 6.45) is -0.306. The lowest BCUT2D eigenvalue weighted by molar-refractivity contribution is -0.137. The van der Waals surface area contributed by atoms with E-state index in [1.165, 1.54) is 0 Å². The highest BCUT2D eigenvalue weighted by Gasteiger charge is 2.21. The van der Waals surface area contributed by atoms with Crippen LogP contribution in [0.5, 0.6) is 0 Å². The summed E-state index contributed by atoms with van der Waals surface area (Å²) in [5.41, 5.74) is -0.776. The molecule has 2 N–H and O–H groups in total. The van der Waals surface area contributed by atoms with Gasteiger partial charge >= 0.3 is 12.0 Å². The van der Waals surface area contributed by atoms with Crippen LogP contribution in [0, 0.1) is 17.5 Å². The number of amides is 2. The standard InChI is InChI=1S/C13H15F3N2O3/c1-7(2)18(4-3-11(19)20)13(21)17-12-9(15)5-8(14)6-10(12)16/h5-7H,3-4H2,1-2H3,(H,17,21)(H,19,20). The number of carbonyl (C=O) groups is 2. The number of carbonyl (C=O) groups excluding carboxylic acids is 1. The topological polar surface area (TPSA) is 69.6 Å². The molecule has 116 valence electrons. The molecule has 21 heavy (non-hydrogen) atoms. The van der Waals surface area contributed by atoms with E-state index in [2.05, 4.69) is 0 Å². The Labute approximate surface area is 119 Å². The Morgan fingerprint density at radius 2 is 1.76 bits per heavy atom. The number of carboxylic acid groups (broad SMARTS) is 1. The average Bonchev–Trinajstić information content (AvgIpc) is 2.33. The fraction of sp³-hybridized carbons (Fsp3) is 0.385. The van der Waals surface area contributed by atoms with Crippen molar-refractivity contribution in [3.05, 3.63) is 29.6 Å². The molecular weight excluding hydrogens is 289 g/mol. The van der Waals surface area contributed by atoms with Crippen LogP contribution in [-0.4, -0.2) is 34.6 Å². The van der Waals surface area contributed by atoms with Crippen molar-refractivity contribution in [2.75, 3.05) is 11.9 Å². The zero-order chi connectivity index (χ0) is 16.2. The van der Waals surface area contributed by atoms with Crippen LogP contribution in [0.4, 0.5) is 23.7 Å². The van der Waals surface area contributed by atoms with Gasteiger partial charge in [0.2, 0.25) is 0 Å². The molecule has 0 aliphatic rings. The van der Waals surface area contributed by atoms with Gasteiger partial charge in [-0.15, -0.1) is 0 Å². The second kappa shape index (κ2) is 6.96. The zero-order valence-corrected chi connectivity index (χ0v) is 11.5. The van der Waals surface area contributed by atoms with Crippen molar-refractivity contribution in [3.63, 3.8) is 0 Å². The van der Waals surface area contributed by atoms with Gasteiger partial charge in [-0.1, -0.05) is 0 Å². The SMILES string of the molecule is CC(C)N(CCC(=O)O)C(=O)Nc1c(F)cc(F)cc1F. The van der Waals surface area contributed by atoms with Crippen LogP contribution < -0.4 is 5.32 Å². The first-order chi connectivity index (χ1) is 9.72. The number of rotatable bonds is 5. The highest BCUT2D eigenvalue weighted by Crippen LogP contribution is 2.21. The molecule has 0 aromatic heterocycles. The molecule has 0 saturated carbocycles. The Bertz CT molecular complexity index is 526. The molecule has 0 saturated heterocycles. The van der Waals surface area contributed by atoms with Gasteiger partial charge in [-0.2, -0.15) is 0 Å². The minimum atomic E-state index is -1.25. The molecule has 0 radical (unpaired) electrons. The molecule has 1 aromatic carbocycles. The van der Waals surface area contributed by atoms with Crippen LogP contribution >= 0.6 is 0 Å². The quantitative estimate of drug-likeness (QED) is 0.879. The maximum Gasteiger partial charge on any atom is 0.322 e. The largest absolute Gasteiger partial charge is 0.481 e. The van der Waals surface area contributed by atoms with E-state index in [1.807, 2.05) is 5.32 Å². The average molecular weight is 304 g/mol. The number of halogens is 3. The third-order valence-electron chi connectivity index (χ3n) is 2.69. The van der Waals surface area contributed by atoms with Crippen molar-refractivity contribution in [2.24, 2.45) is 0 Å². The van der Waals surface area contributed by atoms with E-state index >= 15 is 0 Å². The number of anilines is 1. The Balaban J connectivity index is 2.89. The van der Waals surface area contributed by atoms with E-state index in [0.29, 0.717) is 12.1 Å². The normalized spacial score (nSPS) is 10.6. The Morgan fingerprint density at radius 3 is 2.19 bits per heavy atom. The summed E-state index contributed by atoms with van der Waals surface area (Å²) in [6, 6.07) is -0.364. The summed E-state index contributed by atoms with van der Waals surface area (Å²) >= 11 is 0. The smallest absolute Gasteiger partial charge is 0.322 e. The zero-order valence-electron chi connectivity index (χ0n) is 11.5. The van der Waals surface area contributed by atoms with Gasteiger partial charge in [-0.25, -0.2) is 18.0 Å². The van der Waals surface area contributed by atoms with Crippen LogP contribution in [0.3, 0.4) is 0 Å². The monoisotopic (exact) mass is 304 g/mol.